The molecule has 25 heavy (non-hydrogen) atoms. The van der Waals surface area contributed by atoms with Crippen LogP contribution in [0.4, 0.5) is 10.1 Å². The summed E-state index contributed by atoms with van der Waals surface area (Å²) >= 11 is 0. The Morgan fingerprint density at radius 3 is 2.68 bits per heavy atom. The molecule has 1 aromatic carbocycles. The number of piperidine rings is 1. The van der Waals surface area contributed by atoms with Gasteiger partial charge in [-0.15, -0.1) is 0 Å². The number of halogens is 1. The van der Waals surface area contributed by atoms with Crippen molar-refractivity contribution >= 4 is 23.4 Å². The van der Waals surface area contributed by atoms with E-state index >= 15 is 0 Å². The molecule has 0 unspecified atom stereocenters. The van der Waals surface area contributed by atoms with Crippen molar-refractivity contribution in [1.82, 2.24) is 10.2 Å². The molecule has 0 aromatic heterocycles. The Balaban J connectivity index is 1.76. The Morgan fingerprint density at radius 2 is 2.00 bits per heavy atom. The third-order valence-electron chi connectivity index (χ3n) is 4.38. The lowest BCUT2D eigenvalue weighted by molar-refractivity contribution is -0.137. The van der Waals surface area contributed by atoms with Crippen LogP contribution in [0, 0.1) is 12.7 Å². The number of anilines is 1. The van der Waals surface area contributed by atoms with Crippen LogP contribution in [0.5, 0.6) is 0 Å². The van der Waals surface area contributed by atoms with Crippen LogP contribution in [0.3, 0.4) is 0 Å². The van der Waals surface area contributed by atoms with Crippen molar-refractivity contribution < 1.29 is 18.8 Å². The maximum atomic E-state index is 13.4. The Bertz CT molecular complexity index is 663. The van der Waals surface area contributed by atoms with Gasteiger partial charge in [-0.2, -0.15) is 0 Å². The molecular formula is C18H24FN3O3. The maximum Gasteiger partial charge on any atom is 0.313 e. The molecule has 1 heterocycles. The molecule has 1 aliphatic heterocycles. The number of carbonyl (C=O) groups is 3. The summed E-state index contributed by atoms with van der Waals surface area (Å²) in [6.45, 7) is 4.46. The number of nitrogens with one attached hydrogen (secondary N) is 2. The van der Waals surface area contributed by atoms with Gasteiger partial charge >= 0.3 is 11.8 Å². The summed E-state index contributed by atoms with van der Waals surface area (Å²) in [7, 11) is 0. The zero-order valence-corrected chi connectivity index (χ0v) is 14.6. The molecule has 3 amide bonds. The Kier molecular flexibility index (Phi) is 6.50. The van der Waals surface area contributed by atoms with Gasteiger partial charge in [-0.25, -0.2) is 4.39 Å². The van der Waals surface area contributed by atoms with Crippen LogP contribution in [0.15, 0.2) is 18.2 Å². The minimum absolute atomic E-state index is 0.0199. The monoisotopic (exact) mass is 349 g/mol. The molecule has 136 valence electrons. The molecule has 1 atom stereocenters. The quantitative estimate of drug-likeness (QED) is 0.816. The van der Waals surface area contributed by atoms with Gasteiger partial charge in [0.1, 0.15) is 5.82 Å². The highest BCUT2D eigenvalue weighted by Gasteiger charge is 2.23. The first-order valence-corrected chi connectivity index (χ1v) is 8.53. The number of rotatable bonds is 4. The fourth-order valence-electron chi connectivity index (χ4n) is 2.83. The lowest BCUT2D eigenvalue weighted by atomic mass is 10.0. The van der Waals surface area contributed by atoms with E-state index < -0.39 is 17.6 Å². The van der Waals surface area contributed by atoms with Crippen molar-refractivity contribution in [3.05, 3.63) is 29.6 Å². The molecule has 0 radical (unpaired) electrons. The first kappa shape index (κ1) is 18.9. The molecule has 2 N–H and O–H groups in total. The molecule has 7 heteroatoms. The molecule has 1 aromatic rings. The first-order chi connectivity index (χ1) is 11.9. The second kappa shape index (κ2) is 8.60. The van der Waals surface area contributed by atoms with Gasteiger partial charge in [0.2, 0.25) is 5.91 Å². The van der Waals surface area contributed by atoms with E-state index in [1.165, 1.54) is 12.1 Å². The van der Waals surface area contributed by atoms with Crippen molar-refractivity contribution in [2.24, 2.45) is 0 Å². The average molecular weight is 349 g/mol. The number of hydrogen-bond acceptors (Lipinski definition) is 3. The molecule has 0 saturated carbocycles. The smallest absolute Gasteiger partial charge is 0.313 e. The summed E-state index contributed by atoms with van der Waals surface area (Å²) in [6.07, 6.45) is 3.27. The van der Waals surface area contributed by atoms with Crippen molar-refractivity contribution in [3.63, 3.8) is 0 Å². The largest absolute Gasteiger partial charge is 0.347 e. The lowest BCUT2D eigenvalue weighted by Crippen LogP contribution is -2.44. The number of hydrogen-bond donors (Lipinski definition) is 2. The number of amides is 3. The van der Waals surface area contributed by atoms with E-state index in [0.717, 1.165) is 31.9 Å². The molecule has 6 nitrogen and oxygen atoms in total. The normalized spacial score (nSPS) is 17.1. The predicted octanol–water partition coefficient (Wildman–Crippen LogP) is 1.98. The fourth-order valence-corrected chi connectivity index (χ4v) is 2.83. The van der Waals surface area contributed by atoms with E-state index in [2.05, 4.69) is 10.6 Å². The average Bonchev–Trinajstić information content (AvgIpc) is 2.58. The van der Waals surface area contributed by atoms with Gasteiger partial charge in [-0.1, -0.05) is 6.07 Å². The zero-order valence-electron chi connectivity index (χ0n) is 14.6. The van der Waals surface area contributed by atoms with E-state index in [9.17, 15) is 18.8 Å². The van der Waals surface area contributed by atoms with Crippen molar-refractivity contribution in [3.8, 4) is 0 Å². The summed E-state index contributed by atoms with van der Waals surface area (Å²) in [4.78, 5) is 37.6. The van der Waals surface area contributed by atoms with Gasteiger partial charge < -0.3 is 15.5 Å². The molecular weight excluding hydrogens is 325 g/mol. The second-order valence-corrected chi connectivity index (χ2v) is 6.36. The highest BCUT2D eigenvalue weighted by Crippen LogP contribution is 2.17. The number of benzene rings is 1. The van der Waals surface area contributed by atoms with E-state index in [-0.39, 0.29) is 30.6 Å². The fraction of sp³-hybridized carbons (Fsp3) is 0.500. The van der Waals surface area contributed by atoms with Crippen molar-refractivity contribution in [2.75, 3.05) is 18.4 Å². The van der Waals surface area contributed by atoms with Gasteiger partial charge in [-0.05, 0) is 50.8 Å². The van der Waals surface area contributed by atoms with Crippen LogP contribution < -0.4 is 10.6 Å². The van der Waals surface area contributed by atoms with Crippen LogP contribution in [-0.4, -0.2) is 41.8 Å². The Morgan fingerprint density at radius 1 is 1.24 bits per heavy atom. The van der Waals surface area contributed by atoms with E-state index in [4.69, 9.17) is 0 Å². The summed E-state index contributed by atoms with van der Waals surface area (Å²) < 4.78 is 13.4. The minimum Gasteiger partial charge on any atom is -0.347 e. The van der Waals surface area contributed by atoms with Gasteiger partial charge in [-0.3, -0.25) is 14.4 Å². The molecule has 0 spiro atoms. The number of aryl methyl sites for hydroxylation is 1. The second-order valence-electron chi connectivity index (χ2n) is 6.36. The minimum atomic E-state index is -0.887. The van der Waals surface area contributed by atoms with Gasteiger partial charge in [0.15, 0.2) is 0 Å². The third-order valence-corrected chi connectivity index (χ3v) is 4.38. The van der Waals surface area contributed by atoms with E-state index in [1.54, 1.807) is 6.92 Å². The lowest BCUT2D eigenvalue weighted by Gasteiger charge is -2.33. The summed E-state index contributed by atoms with van der Waals surface area (Å²) in [5, 5.41) is 4.75. The Labute approximate surface area is 146 Å². The van der Waals surface area contributed by atoms with Gasteiger partial charge in [0.25, 0.3) is 0 Å². The first-order valence-electron chi connectivity index (χ1n) is 8.53. The van der Waals surface area contributed by atoms with Crippen LogP contribution in [0.1, 0.15) is 38.2 Å². The maximum absolute atomic E-state index is 13.4. The standard InChI is InChI=1S/C18H24FN3O3/c1-12-6-7-14(11-15(12)19)21-18(25)17(24)20-9-8-16(23)22-10-4-3-5-13(22)2/h6-7,11,13H,3-5,8-10H2,1-2H3,(H,20,24)(H,21,25)/t13-/m0/s1. The molecule has 2 rings (SSSR count). The molecule has 0 aliphatic carbocycles. The van der Waals surface area contributed by atoms with E-state index in [0.29, 0.717) is 5.56 Å². The number of nitrogens with zero attached hydrogens (tertiary/aromatic N) is 1. The van der Waals surface area contributed by atoms with Crippen LogP contribution in [0.25, 0.3) is 0 Å². The van der Waals surface area contributed by atoms with Crippen molar-refractivity contribution in [1.29, 1.82) is 0 Å². The number of carbonyl (C=O) groups excluding carboxylic acids is 3. The van der Waals surface area contributed by atoms with E-state index in [1.807, 2.05) is 11.8 Å². The SMILES string of the molecule is Cc1ccc(NC(=O)C(=O)NCCC(=O)N2CCCC[C@@H]2C)cc1F. The zero-order chi connectivity index (χ0) is 18.4. The highest BCUT2D eigenvalue weighted by atomic mass is 19.1. The molecule has 1 fully saturated rings. The van der Waals surface area contributed by atoms with Crippen LogP contribution in [0.2, 0.25) is 0 Å². The molecule has 1 aliphatic rings. The third kappa shape index (κ3) is 5.27. The molecule has 1 saturated heterocycles. The predicted molar refractivity (Wildman–Crippen MR) is 92.4 cm³/mol. The van der Waals surface area contributed by atoms with Gasteiger partial charge in [0, 0.05) is 31.2 Å². The number of likely N-dealkylation sites (tertiary alicyclic amines) is 1. The summed E-state index contributed by atoms with van der Waals surface area (Å²) in [5.41, 5.74) is 0.661. The highest BCUT2D eigenvalue weighted by molar-refractivity contribution is 6.39. The molecule has 0 bridgehead atoms. The van der Waals surface area contributed by atoms with Gasteiger partial charge in [0.05, 0.1) is 0 Å². The summed E-state index contributed by atoms with van der Waals surface area (Å²) in [6, 6.07) is 4.41. The van der Waals surface area contributed by atoms with Crippen LogP contribution in [-0.2, 0) is 14.4 Å². The van der Waals surface area contributed by atoms with Crippen molar-refractivity contribution in [2.45, 2.75) is 45.6 Å². The Hall–Kier alpha value is -2.44. The van der Waals surface area contributed by atoms with Crippen LogP contribution >= 0.6 is 0 Å². The summed E-state index contributed by atoms with van der Waals surface area (Å²) in [5.74, 6) is -2.21. The topological polar surface area (TPSA) is 78.5 Å².